The Hall–Kier alpha value is -2.33. The van der Waals surface area contributed by atoms with Crippen LogP contribution in [0.5, 0.6) is 5.75 Å². The molecule has 0 saturated carbocycles. The van der Waals surface area contributed by atoms with Gasteiger partial charge in [0.1, 0.15) is 10.8 Å². The van der Waals surface area contributed by atoms with Gasteiger partial charge in [-0.25, -0.2) is 4.99 Å². The van der Waals surface area contributed by atoms with E-state index in [9.17, 15) is 4.79 Å². The van der Waals surface area contributed by atoms with Crippen LogP contribution in [-0.2, 0) is 4.79 Å². The van der Waals surface area contributed by atoms with Crippen molar-refractivity contribution in [2.75, 3.05) is 6.61 Å². The fourth-order valence-electron chi connectivity index (χ4n) is 2.09. The molecule has 110 valence electrons. The molecule has 1 amide bonds. The van der Waals surface area contributed by atoms with Gasteiger partial charge in [0.25, 0.3) is 5.91 Å². The summed E-state index contributed by atoms with van der Waals surface area (Å²) in [4.78, 5) is 16.8. The maximum Gasteiger partial charge on any atom is 0.284 e. The monoisotopic (exact) mass is 309 g/mol. The van der Waals surface area contributed by atoms with Gasteiger partial charge in [0.2, 0.25) is 0 Å². The van der Waals surface area contributed by atoms with Crippen LogP contribution in [0.4, 0.5) is 0 Å². The Kier molecular flexibility index (Phi) is 4.39. The minimum Gasteiger partial charge on any atom is -0.494 e. The number of carbonyl (C=O) groups excluding carboxylic acids is 1. The summed E-state index contributed by atoms with van der Waals surface area (Å²) in [6, 6.07) is 17.4. The third-order valence-electron chi connectivity index (χ3n) is 3.13. The Bertz CT molecular complexity index is 733. The Morgan fingerprint density at radius 3 is 2.50 bits per heavy atom. The quantitative estimate of drug-likeness (QED) is 0.797. The molecular formula is C18H15NO2S. The summed E-state index contributed by atoms with van der Waals surface area (Å²) < 4.78 is 5.41. The fourth-order valence-corrected chi connectivity index (χ4v) is 3.01. The van der Waals surface area contributed by atoms with Crippen LogP contribution in [0.15, 0.2) is 64.5 Å². The first-order valence-corrected chi connectivity index (χ1v) is 7.89. The molecule has 1 aliphatic heterocycles. The van der Waals surface area contributed by atoms with Gasteiger partial charge in [0, 0.05) is 5.56 Å². The van der Waals surface area contributed by atoms with Crippen molar-refractivity contribution < 1.29 is 9.53 Å². The Labute approximate surface area is 133 Å². The number of amides is 1. The Morgan fingerprint density at radius 2 is 1.82 bits per heavy atom. The second-order valence-electron chi connectivity index (χ2n) is 4.70. The average Bonchev–Trinajstić information content (AvgIpc) is 2.91. The van der Waals surface area contributed by atoms with Crippen LogP contribution >= 0.6 is 11.8 Å². The van der Waals surface area contributed by atoms with E-state index in [1.165, 1.54) is 11.8 Å². The summed E-state index contributed by atoms with van der Waals surface area (Å²) >= 11 is 1.41. The minimum atomic E-state index is -0.183. The van der Waals surface area contributed by atoms with Gasteiger partial charge in [-0.1, -0.05) is 54.2 Å². The molecule has 0 aromatic heterocycles. The van der Waals surface area contributed by atoms with Crippen LogP contribution in [0, 0.1) is 0 Å². The molecule has 0 N–H and O–H groups in total. The zero-order chi connectivity index (χ0) is 15.4. The molecule has 4 heteroatoms. The van der Waals surface area contributed by atoms with E-state index < -0.39 is 0 Å². The SMILES string of the molecule is CCOc1ccc(/C=C2\SC(c3ccccc3)=NC2=O)cc1. The van der Waals surface area contributed by atoms with Crippen molar-refractivity contribution >= 4 is 28.8 Å². The smallest absolute Gasteiger partial charge is 0.284 e. The Morgan fingerprint density at radius 1 is 1.09 bits per heavy atom. The highest BCUT2D eigenvalue weighted by atomic mass is 32.2. The van der Waals surface area contributed by atoms with Crippen molar-refractivity contribution in [2.24, 2.45) is 4.99 Å². The summed E-state index contributed by atoms with van der Waals surface area (Å²) in [5, 5.41) is 0.753. The summed E-state index contributed by atoms with van der Waals surface area (Å²) in [6.07, 6.45) is 1.86. The van der Waals surface area contributed by atoms with Crippen LogP contribution in [0.25, 0.3) is 6.08 Å². The van der Waals surface area contributed by atoms with Gasteiger partial charge >= 0.3 is 0 Å². The first-order valence-electron chi connectivity index (χ1n) is 7.07. The fraction of sp³-hybridized carbons (Fsp3) is 0.111. The standard InChI is InChI=1S/C18H15NO2S/c1-2-21-15-10-8-13(9-11-15)12-16-17(20)19-18(22-16)14-6-4-3-5-7-14/h3-12H,2H2,1H3/b16-12-. The van der Waals surface area contributed by atoms with E-state index in [1.54, 1.807) is 0 Å². The van der Waals surface area contributed by atoms with E-state index in [0.29, 0.717) is 11.5 Å². The number of benzene rings is 2. The molecule has 3 rings (SSSR count). The molecule has 22 heavy (non-hydrogen) atoms. The van der Waals surface area contributed by atoms with E-state index in [2.05, 4.69) is 4.99 Å². The first-order chi connectivity index (χ1) is 10.8. The largest absolute Gasteiger partial charge is 0.494 e. The number of ether oxygens (including phenoxy) is 1. The zero-order valence-corrected chi connectivity index (χ0v) is 13.0. The maximum atomic E-state index is 12.0. The molecule has 0 spiro atoms. The third-order valence-corrected chi connectivity index (χ3v) is 4.16. The average molecular weight is 309 g/mol. The molecule has 0 bridgehead atoms. The number of aliphatic imine (C=N–C) groups is 1. The Balaban J connectivity index is 1.78. The van der Waals surface area contributed by atoms with Crippen LogP contribution in [-0.4, -0.2) is 17.6 Å². The van der Waals surface area contributed by atoms with Crippen molar-refractivity contribution in [1.29, 1.82) is 0 Å². The number of nitrogens with zero attached hydrogens (tertiary/aromatic N) is 1. The zero-order valence-electron chi connectivity index (χ0n) is 12.2. The maximum absolute atomic E-state index is 12.0. The highest BCUT2D eigenvalue weighted by Crippen LogP contribution is 2.31. The van der Waals surface area contributed by atoms with Crippen LogP contribution in [0.3, 0.4) is 0 Å². The van der Waals surface area contributed by atoms with Gasteiger partial charge in [-0.3, -0.25) is 4.79 Å². The molecule has 0 radical (unpaired) electrons. The van der Waals surface area contributed by atoms with Crippen molar-refractivity contribution in [3.63, 3.8) is 0 Å². The predicted octanol–water partition coefficient (Wildman–Crippen LogP) is 4.15. The van der Waals surface area contributed by atoms with Crippen LogP contribution in [0.2, 0.25) is 0 Å². The summed E-state index contributed by atoms with van der Waals surface area (Å²) in [5.74, 6) is 0.647. The number of hydrogen-bond acceptors (Lipinski definition) is 3. The number of hydrogen-bond donors (Lipinski definition) is 0. The van der Waals surface area contributed by atoms with Crippen molar-refractivity contribution in [2.45, 2.75) is 6.92 Å². The molecule has 2 aromatic rings. The van der Waals surface area contributed by atoms with Crippen LogP contribution in [0.1, 0.15) is 18.1 Å². The highest BCUT2D eigenvalue weighted by Gasteiger charge is 2.22. The van der Waals surface area contributed by atoms with E-state index >= 15 is 0 Å². The summed E-state index contributed by atoms with van der Waals surface area (Å²) in [7, 11) is 0. The summed E-state index contributed by atoms with van der Waals surface area (Å²) in [6.45, 7) is 2.59. The second-order valence-corrected chi connectivity index (χ2v) is 5.73. The van der Waals surface area contributed by atoms with Gasteiger partial charge in [0.05, 0.1) is 11.5 Å². The molecule has 0 aliphatic carbocycles. The van der Waals surface area contributed by atoms with Crippen molar-refractivity contribution in [1.82, 2.24) is 0 Å². The van der Waals surface area contributed by atoms with Gasteiger partial charge in [-0.15, -0.1) is 0 Å². The molecule has 3 nitrogen and oxygen atoms in total. The molecule has 2 aromatic carbocycles. The minimum absolute atomic E-state index is 0.183. The molecule has 1 heterocycles. The molecule has 0 fully saturated rings. The van der Waals surface area contributed by atoms with E-state index in [-0.39, 0.29) is 5.91 Å². The lowest BCUT2D eigenvalue weighted by atomic mass is 10.2. The number of rotatable bonds is 4. The lowest BCUT2D eigenvalue weighted by molar-refractivity contribution is -0.113. The normalized spacial score (nSPS) is 16.0. The van der Waals surface area contributed by atoms with Crippen molar-refractivity contribution in [3.05, 3.63) is 70.6 Å². The lowest BCUT2D eigenvalue weighted by Crippen LogP contribution is -1.91. The van der Waals surface area contributed by atoms with E-state index in [0.717, 1.165) is 21.9 Å². The van der Waals surface area contributed by atoms with Gasteiger partial charge in [-0.2, -0.15) is 0 Å². The van der Waals surface area contributed by atoms with E-state index in [4.69, 9.17) is 4.74 Å². The highest BCUT2D eigenvalue weighted by molar-refractivity contribution is 8.19. The number of thioether (sulfide) groups is 1. The predicted molar refractivity (Wildman–Crippen MR) is 91.2 cm³/mol. The molecule has 1 aliphatic rings. The van der Waals surface area contributed by atoms with E-state index in [1.807, 2.05) is 67.6 Å². The number of carbonyl (C=O) groups is 1. The van der Waals surface area contributed by atoms with Crippen molar-refractivity contribution in [3.8, 4) is 5.75 Å². The topological polar surface area (TPSA) is 38.7 Å². The first kappa shape index (κ1) is 14.6. The molecule has 0 unspecified atom stereocenters. The molecule has 0 saturated heterocycles. The lowest BCUT2D eigenvalue weighted by Gasteiger charge is -2.03. The van der Waals surface area contributed by atoms with Gasteiger partial charge in [-0.05, 0) is 30.7 Å². The van der Waals surface area contributed by atoms with Gasteiger partial charge < -0.3 is 4.74 Å². The molecule has 0 atom stereocenters. The van der Waals surface area contributed by atoms with Gasteiger partial charge in [0.15, 0.2) is 0 Å². The molecular weight excluding hydrogens is 294 g/mol. The van der Waals surface area contributed by atoms with Crippen LogP contribution < -0.4 is 4.74 Å². The second kappa shape index (κ2) is 6.62. The summed E-state index contributed by atoms with van der Waals surface area (Å²) in [5.41, 5.74) is 1.93. The third kappa shape index (κ3) is 3.28.